The van der Waals surface area contributed by atoms with E-state index < -0.39 is 23.5 Å². The SMILES string of the molecule is CCC(C)c1ccc(C(O)(C(F)(F)F)C(F)(F)F)cc1.CCC(C)c1ccc(OC(C)(C)C)cc1. The molecular formula is C27H36F6O2. The van der Waals surface area contributed by atoms with E-state index in [1.54, 1.807) is 6.92 Å². The van der Waals surface area contributed by atoms with Crippen molar-refractivity contribution in [3.63, 3.8) is 0 Å². The van der Waals surface area contributed by atoms with Crippen LogP contribution in [0.3, 0.4) is 0 Å². The zero-order valence-electron chi connectivity index (χ0n) is 21.3. The maximum absolute atomic E-state index is 12.6. The minimum Gasteiger partial charge on any atom is -0.488 e. The van der Waals surface area contributed by atoms with Crippen LogP contribution < -0.4 is 4.74 Å². The van der Waals surface area contributed by atoms with Gasteiger partial charge in [-0.25, -0.2) is 0 Å². The molecule has 0 amide bonds. The molecule has 2 aromatic rings. The van der Waals surface area contributed by atoms with Gasteiger partial charge < -0.3 is 9.84 Å². The van der Waals surface area contributed by atoms with Crippen molar-refractivity contribution in [2.75, 3.05) is 0 Å². The quantitative estimate of drug-likeness (QED) is 0.397. The van der Waals surface area contributed by atoms with Gasteiger partial charge in [-0.3, -0.25) is 0 Å². The lowest BCUT2D eigenvalue weighted by molar-refractivity contribution is -0.376. The Hall–Kier alpha value is -2.22. The fourth-order valence-electron chi connectivity index (χ4n) is 3.23. The van der Waals surface area contributed by atoms with E-state index in [9.17, 15) is 31.4 Å². The van der Waals surface area contributed by atoms with Crippen LogP contribution in [0, 0.1) is 0 Å². The number of benzene rings is 2. The van der Waals surface area contributed by atoms with Gasteiger partial charge in [0, 0.05) is 5.56 Å². The topological polar surface area (TPSA) is 29.5 Å². The Kier molecular flexibility index (Phi) is 10.3. The summed E-state index contributed by atoms with van der Waals surface area (Å²) in [5.41, 5.74) is -4.20. The molecule has 0 aliphatic rings. The van der Waals surface area contributed by atoms with Crippen LogP contribution in [0.25, 0.3) is 0 Å². The van der Waals surface area contributed by atoms with Crippen molar-refractivity contribution >= 4 is 0 Å². The molecule has 0 spiro atoms. The van der Waals surface area contributed by atoms with Gasteiger partial charge in [-0.15, -0.1) is 0 Å². The van der Waals surface area contributed by atoms with Gasteiger partial charge in [0.1, 0.15) is 11.4 Å². The largest absolute Gasteiger partial charge is 0.488 e. The molecule has 2 rings (SSSR count). The van der Waals surface area contributed by atoms with Gasteiger partial charge in [0.05, 0.1) is 0 Å². The summed E-state index contributed by atoms with van der Waals surface area (Å²) in [5, 5.41) is 9.19. The Bertz CT molecular complexity index is 880. The Morgan fingerprint density at radius 1 is 0.686 bits per heavy atom. The number of hydrogen-bond acceptors (Lipinski definition) is 2. The first kappa shape index (κ1) is 30.8. The molecule has 0 radical (unpaired) electrons. The van der Waals surface area contributed by atoms with Gasteiger partial charge in [0.2, 0.25) is 0 Å². The van der Waals surface area contributed by atoms with Gasteiger partial charge in [-0.2, -0.15) is 26.3 Å². The Morgan fingerprint density at radius 3 is 1.31 bits per heavy atom. The van der Waals surface area contributed by atoms with Crippen molar-refractivity contribution in [1.82, 2.24) is 0 Å². The van der Waals surface area contributed by atoms with Gasteiger partial charge in [0.25, 0.3) is 5.60 Å². The van der Waals surface area contributed by atoms with E-state index in [4.69, 9.17) is 4.74 Å². The summed E-state index contributed by atoms with van der Waals surface area (Å²) in [4.78, 5) is 0. The van der Waals surface area contributed by atoms with Crippen LogP contribution in [0.15, 0.2) is 48.5 Å². The summed E-state index contributed by atoms with van der Waals surface area (Å²) in [5.74, 6) is 1.59. The maximum atomic E-state index is 12.6. The van der Waals surface area contributed by atoms with Crippen molar-refractivity contribution in [3.8, 4) is 5.75 Å². The minimum atomic E-state index is -5.84. The molecule has 0 heterocycles. The molecule has 0 bridgehead atoms. The third-order valence-corrected chi connectivity index (χ3v) is 5.82. The van der Waals surface area contributed by atoms with Gasteiger partial charge in [0.15, 0.2) is 0 Å². The van der Waals surface area contributed by atoms with Crippen LogP contribution in [0.5, 0.6) is 5.75 Å². The van der Waals surface area contributed by atoms with Crippen LogP contribution in [0.2, 0.25) is 0 Å². The Balaban J connectivity index is 0.000000365. The van der Waals surface area contributed by atoms with E-state index in [0.29, 0.717) is 30.0 Å². The fraction of sp³-hybridized carbons (Fsp3) is 0.556. The molecule has 0 saturated carbocycles. The molecule has 1 N–H and O–H groups in total. The average Bonchev–Trinajstić information content (AvgIpc) is 2.76. The highest BCUT2D eigenvalue weighted by molar-refractivity contribution is 5.32. The maximum Gasteiger partial charge on any atom is 0.430 e. The molecule has 198 valence electrons. The first-order valence-corrected chi connectivity index (χ1v) is 11.6. The second-order valence-corrected chi connectivity index (χ2v) is 9.73. The molecule has 0 aromatic heterocycles. The smallest absolute Gasteiger partial charge is 0.430 e. The molecular weight excluding hydrogens is 470 g/mol. The zero-order chi connectivity index (χ0) is 27.2. The van der Waals surface area contributed by atoms with Crippen molar-refractivity contribution in [1.29, 1.82) is 0 Å². The lowest BCUT2D eigenvalue weighted by Gasteiger charge is -2.32. The van der Waals surface area contributed by atoms with E-state index in [-0.39, 0.29) is 11.5 Å². The van der Waals surface area contributed by atoms with Crippen molar-refractivity contribution in [2.24, 2.45) is 0 Å². The number of ether oxygens (including phenoxy) is 1. The first-order valence-electron chi connectivity index (χ1n) is 11.6. The third kappa shape index (κ3) is 8.16. The van der Waals surface area contributed by atoms with Crippen molar-refractivity contribution in [3.05, 3.63) is 65.2 Å². The average molecular weight is 507 g/mol. The highest BCUT2D eigenvalue weighted by Gasteiger charge is 2.71. The molecule has 2 atom stereocenters. The predicted octanol–water partition coefficient (Wildman–Crippen LogP) is 8.89. The van der Waals surface area contributed by atoms with E-state index in [2.05, 4.69) is 58.9 Å². The monoisotopic (exact) mass is 506 g/mol. The van der Waals surface area contributed by atoms with E-state index >= 15 is 0 Å². The molecule has 0 fully saturated rings. The normalized spacial score (nSPS) is 14.6. The van der Waals surface area contributed by atoms with Crippen LogP contribution in [-0.4, -0.2) is 23.1 Å². The molecule has 2 aromatic carbocycles. The number of rotatable bonds is 6. The summed E-state index contributed by atoms with van der Waals surface area (Å²) >= 11 is 0. The van der Waals surface area contributed by atoms with Crippen LogP contribution in [0.1, 0.15) is 89.8 Å². The second kappa shape index (κ2) is 11.7. The van der Waals surface area contributed by atoms with E-state index in [1.165, 1.54) is 24.1 Å². The summed E-state index contributed by atoms with van der Waals surface area (Å²) in [6.07, 6.45) is -9.81. The fourth-order valence-corrected chi connectivity index (χ4v) is 3.23. The highest BCUT2D eigenvalue weighted by atomic mass is 19.4. The molecule has 35 heavy (non-hydrogen) atoms. The Labute approximate surface area is 204 Å². The third-order valence-electron chi connectivity index (χ3n) is 5.82. The summed E-state index contributed by atoms with van der Waals surface area (Å²) in [7, 11) is 0. The number of halogens is 6. The molecule has 2 unspecified atom stereocenters. The zero-order valence-corrected chi connectivity index (χ0v) is 21.3. The van der Waals surface area contributed by atoms with Crippen LogP contribution in [-0.2, 0) is 5.60 Å². The van der Waals surface area contributed by atoms with Crippen molar-refractivity contribution < 1.29 is 36.2 Å². The molecule has 0 aliphatic carbocycles. The number of hydrogen-bond donors (Lipinski definition) is 1. The van der Waals surface area contributed by atoms with Crippen molar-refractivity contribution in [2.45, 2.75) is 96.7 Å². The summed E-state index contributed by atoms with van der Waals surface area (Å²) < 4.78 is 81.6. The van der Waals surface area contributed by atoms with Crippen LogP contribution in [0.4, 0.5) is 26.3 Å². The summed E-state index contributed by atoms with van der Waals surface area (Å²) in [6.45, 7) is 14.3. The molecule has 0 aliphatic heterocycles. The van der Waals surface area contributed by atoms with Gasteiger partial charge in [-0.05, 0) is 68.7 Å². The Morgan fingerprint density at radius 2 is 1.03 bits per heavy atom. The lowest BCUT2D eigenvalue weighted by Crippen LogP contribution is -2.53. The lowest BCUT2D eigenvalue weighted by atomic mass is 9.89. The molecule has 8 heteroatoms. The standard InChI is InChI=1S/C14H22O.C13H14F6O/c1-6-11(2)12-7-9-13(10-8-12)15-14(3,4)5;1-3-8(2)9-4-6-10(7-5-9)11(20,12(14,15)16)13(17,18)19/h7-11H,6H2,1-5H3;4-8,20H,3H2,1-2H3. The predicted molar refractivity (Wildman–Crippen MR) is 127 cm³/mol. The van der Waals surface area contributed by atoms with Gasteiger partial charge in [-0.1, -0.05) is 64.1 Å². The molecule has 2 nitrogen and oxygen atoms in total. The van der Waals surface area contributed by atoms with E-state index in [1.807, 2.05) is 6.92 Å². The number of aliphatic hydroxyl groups is 1. The summed E-state index contributed by atoms with van der Waals surface area (Å²) in [6, 6.07) is 12.1. The van der Waals surface area contributed by atoms with E-state index in [0.717, 1.165) is 5.75 Å². The first-order chi connectivity index (χ1) is 15.9. The number of alkyl halides is 6. The van der Waals surface area contributed by atoms with Crippen LogP contribution >= 0.6 is 0 Å². The molecule has 0 saturated heterocycles. The second-order valence-electron chi connectivity index (χ2n) is 9.73. The van der Waals surface area contributed by atoms with Gasteiger partial charge >= 0.3 is 12.4 Å². The minimum absolute atomic E-state index is 0.00826. The highest BCUT2D eigenvalue weighted by Crippen LogP contribution is 2.50.